The van der Waals surface area contributed by atoms with E-state index in [-0.39, 0.29) is 19.4 Å². The van der Waals surface area contributed by atoms with Crippen LogP contribution in [0.1, 0.15) is 12.8 Å². The van der Waals surface area contributed by atoms with Gasteiger partial charge < -0.3 is 72.9 Å². The van der Waals surface area contributed by atoms with Crippen LogP contribution in [0.15, 0.2) is 0 Å². The first kappa shape index (κ1) is 27.0. The highest BCUT2D eigenvalue weighted by Crippen LogP contribution is 2.33. The van der Waals surface area contributed by atoms with Crippen LogP contribution < -0.4 is 22.9 Å². The predicted octanol–water partition coefficient (Wildman–Crippen LogP) is -6.63. The van der Waals surface area contributed by atoms with Crippen LogP contribution in [-0.2, 0) is 14.2 Å². The Bertz CT molecular complexity index is 583. The second-order valence-corrected chi connectivity index (χ2v) is 9.28. The highest BCUT2D eigenvalue weighted by Gasteiger charge is 2.51. The molecule has 1 heterocycles. The van der Waals surface area contributed by atoms with Crippen LogP contribution in [0.2, 0.25) is 0 Å². The maximum Gasteiger partial charge on any atom is 0.186 e. The lowest BCUT2D eigenvalue weighted by atomic mass is 9.79. The third-order valence-corrected chi connectivity index (χ3v) is 7.02. The molecule has 33 heavy (non-hydrogen) atoms. The smallest absolute Gasteiger partial charge is 0.186 e. The van der Waals surface area contributed by atoms with Crippen LogP contribution in [0.25, 0.3) is 0 Å². The first-order valence-electron chi connectivity index (χ1n) is 11.1. The SMILES string of the molecule is NCC1CC(OC2C(N)CC(N)C(OC3OC(CO)C(O)C(N)C3O)C2O)C(O)C(O)C1O. The molecule has 0 spiro atoms. The summed E-state index contributed by atoms with van der Waals surface area (Å²) in [4.78, 5) is 0. The molecule has 0 radical (unpaired) electrons. The van der Waals surface area contributed by atoms with E-state index in [4.69, 9.17) is 37.1 Å². The highest BCUT2D eigenvalue weighted by atomic mass is 16.7. The summed E-state index contributed by atoms with van der Waals surface area (Å²) >= 11 is 0. The molecule has 14 nitrogen and oxygen atoms in total. The van der Waals surface area contributed by atoms with Gasteiger partial charge in [0.2, 0.25) is 0 Å². The Labute approximate surface area is 191 Å². The molecular formula is C19H38N4O10. The number of aliphatic hydroxyl groups is 7. The molecule has 3 aliphatic rings. The maximum atomic E-state index is 11.0. The third kappa shape index (κ3) is 5.34. The summed E-state index contributed by atoms with van der Waals surface area (Å²) in [6.45, 7) is -0.525. The molecule has 0 bridgehead atoms. The zero-order chi connectivity index (χ0) is 24.6. The van der Waals surface area contributed by atoms with Gasteiger partial charge in [-0.3, -0.25) is 0 Å². The fraction of sp³-hybridized carbons (Fsp3) is 1.00. The Hall–Kier alpha value is -0.560. The van der Waals surface area contributed by atoms with Crippen LogP contribution in [0.4, 0.5) is 0 Å². The molecule has 0 aromatic rings. The first-order valence-corrected chi connectivity index (χ1v) is 11.1. The third-order valence-electron chi connectivity index (χ3n) is 7.02. The molecule has 15 unspecified atom stereocenters. The van der Waals surface area contributed by atoms with Crippen molar-refractivity contribution in [1.82, 2.24) is 0 Å². The number of nitrogens with two attached hydrogens (primary N) is 4. The van der Waals surface area contributed by atoms with Gasteiger partial charge in [0.15, 0.2) is 6.29 Å². The molecule has 0 amide bonds. The molecule has 15 N–H and O–H groups in total. The molecule has 3 fully saturated rings. The molecule has 14 heteroatoms. The van der Waals surface area contributed by atoms with Crippen LogP contribution in [0.3, 0.4) is 0 Å². The van der Waals surface area contributed by atoms with Crippen molar-refractivity contribution in [2.75, 3.05) is 13.2 Å². The lowest BCUT2D eigenvalue weighted by Crippen LogP contribution is -2.68. The van der Waals surface area contributed by atoms with Crippen molar-refractivity contribution in [3.63, 3.8) is 0 Å². The van der Waals surface area contributed by atoms with E-state index in [9.17, 15) is 35.7 Å². The van der Waals surface area contributed by atoms with E-state index in [1.54, 1.807) is 0 Å². The highest BCUT2D eigenvalue weighted by molar-refractivity contribution is 5.02. The van der Waals surface area contributed by atoms with Crippen molar-refractivity contribution in [1.29, 1.82) is 0 Å². The van der Waals surface area contributed by atoms with Crippen molar-refractivity contribution in [2.24, 2.45) is 28.9 Å². The largest absolute Gasteiger partial charge is 0.394 e. The van der Waals surface area contributed by atoms with E-state index in [0.717, 1.165) is 0 Å². The summed E-state index contributed by atoms with van der Waals surface area (Å²) in [6, 6.07) is -2.72. The van der Waals surface area contributed by atoms with E-state index in [2.05, 4.69) is 0 Å². The van der Waals surface area contributed by atoms with Gasteiger partial charge >= 0.3 is 0 Å². The lowest BCUT2D eigenvalue weighted by molar-refractivity contribution is -0.308. The summed E-state index contributed by atoms with van der Waals surface area (Å²) in [7, 11) is 0. The van der Waals surface area contributed by atoms with Crippen molar-refractivity contribution in [2.45, 2.75) is 98.3 Å². The van der Waals surface area contributed by atoms with Gasteiger partial charge in [-0.2, -0.15) is 0 Å². The van der Waals surface area contributed by atoms with Gasteiger partial charge in [0, 0.05) is 18.0 Å². The zero-order valence-electron chi connectivity index (χ0n) is 18.2. The second-order valence-electron chi connectivity index (χ2n) is 9.28. The summed E-state index contributed by atoms with van der Waals surface area (Å²) < 4.78 is 17.0. The Balaban J connectivity index is 1.72. The number of ether oxygens (including phenoxy) is 3. The number of rotatable bonds is 6. The van der Waals surface area contributed by atoms with Gasteiger partial charge in [-0.15, -0.1) is 0 Å². The Kier molecular flexibility index (Phi) is 9.02. The van der Waals surface area contributed by atoms with E-state index < -0.39 is 98.0 Å². The van der Waals surface area contributed by atoms with Gasteiger partial charge in [-0.25, -0.2) is 0 Å². The lowest BCUT2D eigenvalue weighted by Gasteiger charge is -2.48. The zero-order valence-corrected chi connectivity index (χ0v) is 18.2. The topological polar surface area (TPSA) is 273 Å². The summed E-state index contributed by atoms with van der Waals surface area (Å²) in [5.74, 6) is -0.534. The van der Waals surface area contributed by atoms with Gasteiger partial charge in [0.25, 0.3) is 0 Å². The summed E-state index contributed by atoms with van der Waals surface area (Å²) in [5.41, 5.74) is 23.7. The number of hydrogen-bond donors (Lipinski definition) is 11. The molecule has 0 aromatic carbocycles. The molecule has 15 atom stereocenters. The fourth-order valence-corrected chi connectivity index (χ4v) is 4.87. The summed E-state index contributed by atoms with van der Waals surface area (Å²) in [5, 5.41) is 71.3. The number of aliphatic hydroxyl groups excluding tert-OH is 7. The summed E-state index contributed by atoms with van der Waals surface area (Å²) in [6.07, 6.45) is -13.8. The molecule has 2 saturated carbocycles. The quantitative estimate of drug-likeness (QED) is 0.168. The standard InChI is InChI=1S/C19H38N4O10/c20-3-5-1-8(13(27)15(29)11(5)25)31-17-6(21)2-7(22)18(16(17)30)33-19-14(28)10(23)12(26)9(4-24)32-19/h5-19,24-30H,1-4,20-23H2. The molecule has 2 aliphatic carbocycles. The minimum atomic E-state index is -1.49. The van der Waals surface area contributed by atoms with Crippen LogP contribution in [0, 0.1) is 5.92 Å². The average Bonchev–Trinajstić information content (AvgIpc) is 2.79. The molecule has 1 aliphatic heterocycles. The Morgan fingerprint density at radius 3 is 1.91 bits per heavy atom. The minimum absolute atomic E-state index is 0.0513. The number of hydrogen-bond acceptors (Lipinski definition) is 14. The van der Waals surface area contributed by atoms with Crippen molar-refractivity contribution < 1.29 is 50.0 Å². The molecule has 0 aromatic heterocycles. The van der Waals surface area contributed by atoms with Crippen molar-refractivity contribution >= 4 is 0 Å². The van der Waals surface area contributed by atoms with E-state index in [0.29, 0.717) is 0 Å². The molecule has 3 rings (SSSR count). The van der Waals surface area contributed by atoms with Crippen molar-refractivity contribution in [3.05, 3.63) is 0 Å². The monoisotopic (exact) mass is 482 g/mol. The minimum Gasteiger partial charge on any atom is -0.394 e. The average molecular weight is 483 g/mol. The predicted molar refractivity (Wildman–Crippen MR) is 111 cm³/mol. The molecular weight excluding hydrogens is 444 g/mol. The van der Waals surface area contributed by atoms with E-state index in [1.165, 1.54) is 0 Å². The van der Waals surface area contributed by atoms with Gasteiger partial charge in [-0.1, -0.05) is 0 Å². The van der Waals surface area contributed by atoms with Crippen LogP contribution in [0.5, 0.6) is 0 Å². The van der Waals surface area contributed by atoms with Gasteiger partial charge in [0.1, 0.15) is 48.8 Å². The van der Waals surface area contributed by atoms with Gasteiger partial charge in [-0.05, 0) is 19.4 Å². The van der Waals surface area contributed by atoms with E-state index in [1.807, 2.05) is 0 Å². The fourth-order valence-electron chi connectivity index (χ4n) is 4.87. The first-order chi connectivity index (χ1) is 15.5. The van der Waals surface area contributed by atoms with Crippen LogP contribution >= 0.6 is 0 Å². The van der Waals surface area contributed by atoms with E-state index >= 15 is 0 Å². The maximum absolute atomic E-state index is 11.0. The van der Waals surface area contributed by atoms with Gasteiger partial charge in [0.05, 0.1) is 24.9 Å². The second kappa shape index (κ2) is 11.0. The van der Waals surface area contributed by atoms with Crippen molar-refractivity contribution in [3.8, 4) is 0 Å². The molecule has 194 valence electrons. The molecule has 1 saturated heterocycles. The van der Waals surface area contributed by atoms with Crippen LogP contribution in [-0.4, -0.2) is 134 Å². The Morgan fingerprint density at radius 1 is 0.727 bits per heavy atom. The Morgan fingerprint density at radius 2 is 1.33 bits per heavy atom. The normalized spacial score (nSPS) is 53.7.